The van der Waals surface area contributed by atoms with Crippen molar-refractivity contribution in [3.8, 4) is 0 Å². The van der Waals surface area contributed by atoms with E-state index in [0.717, 1.165) is 24.1 Å². The lowest BCUT2D eigenvalue weighted by Gasteiger charge is -2.29. The van der Waals surface area contributed by atoms with Crippen LogP contribution in [0.2, 0.25) is 0 Å². The van der Waals surface area contributed by atoms with Gasteiger partial charge in [0, 0.05) is 29.9 Å². The maximum Gasteiger partial charge on any atom is 0.255 e. The molecule has 1 heterocycles. The highest BCUT2D eigenvalue weighted by atomic mass is 19.1. The highest BCUT2D eigenvalue weighted by molar-refractivity contribution is 6.05. The Kier molecular flexibility index (Phi) is 4.60. The Morgan fingerprint density at radius 3 is 2.62 bits per heavy atom. The van der Waals surface area contributed by atoms with E-state index in [0.29, 0.717) is 24.2 Å². The lowest BCUT2D eigenvalue weighted by molar-refractivity contribution is -0.118. The fourth-order valence-corrected chi connectivity index (χ4v) is 2.91. The maximum absolute atomic E-state index is 12.9. The SMILES string of the molecule is CCC(=O)N1CCCc2ccc(NC(=O)c3ccc(F)cc3)cc21. The molecule has 0 spiro atoms. The minimum atomic E-state index is -0.381. The van der Waals surface area contributed by atoms with E-state index in [4.69, 9.17) is 0 Å². The molecule has 0 saturated heterocycles. The third-order valence-corrected chi connectivity index (χ3v) is 4.17. The molecule has 0 bridgehead atoms. The first-order chi connectivity index (χ1) is 11.6. The first-order valence-electron chi connectivity index (χ1n) is 8.08. The number of carbonyl (C=O) groups excluding carboxylic acids is 2. The molecular weight excluding hydrogens is 307 g/mol. The third-order valence-electron chi connectivity index (χ3n) is 4.17. The average molecular weight is 326 g/mol. The number of aryl methyl sites for hydroxylation is 1. The van der Waals surface area contributed by atoms with Gasteiger partial charge in [-0.05, 0) is 54.8 Å². The van der Waals surface area contributed by atoms with Gasteiger partial charge in [0.2, 0.25) is 5.91 Å². The molecule has 2 aromatic carbocycles. The molecule has 5 heteroatoms. The molecule has 0 aromatic heterocycles. The molecule has 1 aliphatic rings. The average Bonchev–Trinajstić information content (AvgIpc) is 2.61. The molecule has 3 rings (SSSR count). The van der Waals surface area contributed by atoms with Crippen LogP contribution in [0.5, 0.6) is 0 Å². The fourth-order valence-electron chi connectivity index (χ4n) is 2.91. The molecule has 4 nitrogen and oxygen atoms in total. The van der Waals surface area contributed by atoms with Crippen LogP contribution >= 0.6 is 0 Å². The van der Waals surface area contributed by atoms with Gasteiger partial charge < -0.3 is 10.2 Å². The number of hydrogen-bond donors (Lipinski definition) is 1. The van der Waals surface area contributed by atoms with Crippen LogP contribution in [-0.2, 0) is 11.2 Å². The largest absolute Gasteiger partial charge is 0.322 e. The van der Waals surface area contributed by atoms with Gasteiger partial charge in [-0.3, -0.25) is 9.59 Å². The number of nitrogens with one attached hydrogen (secondary N) is 1. The highest BCUT2D eigenvalue weighted by Gasteiger charge is 2.22. The Bertz CT molecular complexity index is 771. The van der Waals surface area contributed by atoms with Crippen molar-refractivity contribution in [3.05, 3.63) is 59.4 Å². The minimum Gasteiger partial charge on any atom is -0.322 e. The molecule has 2 aromatic rings. The topological polar surface area (TPSA) is 49.4 Å². The Morgan fingerprint density at radius 1 is 1.17 bits per heavy atom. The second-order valence-corrected chi connectivity index (χ2v) is 5.81. The standard InChI is InChI=1S/C19H19FN2O2/c1-2-18(23)22-11-3-4-13-7-10-16(12-17(13)22)21-19(24)14-5-8-15(20)9-6-14/h5-10,12H,2-4,11H2,1H3,(H,21,24). The molecule has 124 valence electrons. The van der Waals surface area contributed by atoms with Crippen molar-refractivity contribution in [1.82, 2.24) is 0 Å². The monoisotopic (exact) mass is 326 g/mol. The van der Waals surface area contributed by atoms with Gasteiger partial charge in [-0.1, -0.05) is 13.0 Å². The smallest absolute Gasteiger partial charge is 0.255 e. The molecule has 0 saturated carbocycles. The minimum absolute atomic E-state index is 0.0814. The highest BCUT2D eigenvalue weighted by Crippen LogP contribution is 2.30. The van der Waals surface area contributed by atoms with Crippen LogP contribution in [0.4, 0.5) is 15.8 Å². The van der Waals surface area contributed by atoms with E-state index in [-0.39, 0.29) is 17.6 Å². The van der Waals surface area contributed by atoms with Crippen LogP contribution < -0.4 is 10.2 Å². The van der Waals surface area contributed by atoms with Gasteiger partial charge in [0.1, 0.15) is 5.82 Å². The maximum atomic E-state index is 12.9. The summed E-state index contributed by atoms with van der Waals surface area (Å²) in [5.74, 6) is -0.605. The van der Waals surface area contributed by atoms with Gasteiger partial charge in [-0.2, -0.15) is 0 Å². The summed E-state index contributed by atoms with van der Waals surface area (Å²) in [4.78, 5) is 26.2. The van der Waals surface area contributed by atoms with E-state index < -0.39 is 0 Å². The number of fused-ring (bicyclic) bond motifs is 1. The number of benzene rings is 2. The van der Waals surface area contributed by atoms with Gasteiger partial charge in [-0.15, -0.1) is 0 Å². The summed E-state index contributed by atoms with van der Waals surface area (Å²) in [7, 11) is 0. The van der Waals surface area contributed by atoms with Crippen molar-refractivity contribution >= 4 is 23.2 Å². The lowest BCUT2D eigenvalue weighted by atomic mass is 10.0. The van der Waals surface area contributed by atoms with Crippen molar-refractivity contribution in [3.63, 3.8) is 0 Å². The summed E-state index contributed by atoms with van der Waals surface area (Å²) in [6.07, 6.45) is 2.32. The van der Waals surface area contributed by atoms with E-state index in [9.17, 15) is 14.0 Å². The van der Waals surface area contributed by atoms with Crippen molar-refractivity contribution in [2.75, 3.05) is 16.8 Å². The van der Waals surface area contributed by atoms with Crippen LogP contribution in [0.25, 0.3) is 0 Å². The predicted octanol–water partition coefficient (Wildman–Crippen LogP) is 3.77. The number of hydrogen-bond acceptors (Lipinski definition) is 2. The fraction of sp³-hybridized carbons (Fsp3) is 0.263. The van der Waals surface area contributed by atoms with Gasteiger partial charge in [-0.25, -0.2) is 4.39 Å². The molecular formula is C19H19FN2O2. The number of amides is 2. The molecule has 1 aliphatic heterocycles. The normalized spacial score (nSPS) is 13.3. The quantitative estimate of drug-likeness (QED) is 0.933. The summed E-state index contributed by atoms with van der Waals surface area (Å²) in [6, 6.07) is 11.0. The zero-order valence-electron chi connectivity index (χ0n) is 13.5. The molecule has 0 unspecified atom stereocenters. The second kappa shape index (κ2) is 6.83. The van der Waals surface area contributed by atoms with E-state index in [2.05, 4.69) is 5.32 Å². The summed E-state index contributed by atoms with van der Waals surface area (Å²) >= 11 is 0. The Balaban J connectivity index is 1.83. The van der Waals surface area contributed by atoms with Crippen molar-refractivity contribution in [2.45, 2.75) is 26.2 Å². The summed E-state index contributed by atoms with van der Waals surface area (Å²) < 4.78 is 12.9. The lowest BCUT2D eigenvalue weighted by Crippen LogP contribution is -2.35. The summed E-state index contributed by atoms with van der Waals surface area (Å²) in [6.45, 7) is 2.55. The van der Waals surface area contributed by atoms with E-state index >= 15 is 0 Å². The Labute approximate surface area is 140 Å². The van der Waals surface area contributed by atoms with Crippen LogP contribution in [0.3, 0.4) is 0 Å². The van der Waals surface area contributed by atoms with Crippen LogP contribution in [0.15, 0.2) is 42.5 Å². The van der Waals surface area contributed by atoms with Crippen LogP contribution in [-0.4, -0.2) is 18.4 Å². The zero-order chi connectivity index (χ0) is 17.1. The Hall–Kier alpha value is -2.69. The number of halogens is 1. The van der Waals surface area contributed by atoms with Gasteiger partial charge in [0.15, 0.2) is 0 Å². The Morgan fingerprint density at radius 2 is 1.92 bits per heavy atom. The summed E-state index contributed by atoms with van der Waals surface area (Å²) in [5, 5.41) is 2.81. The molecule has 0 aliphatic carbocycles. The van der Waals surface area contributed by atoms with Gasteiger partial charge in [0.05, 0.1) is 0 Å². The first kappa shape index (κ1) is 16.2. The third kappa shape index (κ3) is 3.30. The predicted molar refractivity (Wildman–Crippen MR) is 91.8 cm³/mol. The number of carbonyl (C=O) groups is 2. The first-order valence-corrected chi connectivity index (χ1v) is 8.08. The van der Waals surface area contributed by atoms with Gasteiger partial charge >= 0.3 is 0 Å². The molecule has 1 N–H and O–H groups in total. The molecule has 0 atom stereocenters. The number of rotatable bonds is 3. The van der Waals surface area contributed by atoms with Crippen LogP contribution in [0.1, 0.15) is 35.7 Å². The molecule has 0 fully saturated rings. The molecule has 24 heavy (non-hydrogen) atoms. The van der Waals surface area contributed by atoms with E-state index in [1.165, 1.54) is 24.3 Å². The van der Waals surface area contributed by atoms with Crippen molar-refractivity contribution < 1.29 is 14.0 Å². The van der Waals surface area contributed by atoms with Crippen LogP contribution in [0, 0.1) is 5.82 Å². The number of anilines is 2. The summed E-state index contributed by atoms with van der Waals surface area (Å²) in [5.41, 5.74) is 2.99. The van der Waals surface area contributed by atoms with Gasteiger partial charge in [0.25, 0.3) is 5.91 Å². The second-order valence-electron chi connectivity index (χ2n) is 5.81. The van der Waals surface area contributed by atoms with E-state index in [1.807, 2.05) is 25.1 Å². The zero-order valence-corrected chi connectivity index (χ0v) is 13.5. The molecule has 2 amide bonds. The molecule has 0 radical (unpaired) electrons. The number of nitrogens with zero attached hydrogens (tertiary/aromatic N) is 1. The van der Waals surface area contributed by atoms with E-state index in [1.54, 1.807) is 4.90 Å². The van der Waals surface area contributed by atoms with Crippen molar-refractivity contribution in [2.24, 2.45) is 0 Å². The van der Waals surface area contributed by atoms with Crippen molar-refractivity contribution in [1.29, 1.82) is 0 Å².